The van der Waals surface area contributed by atoms with Gasteiger partial charge in [0.15, 0.2) is 0 Å². The van der Waals surface area contributed by atoms with Crippen molar-refractivity contribution in [1.82, 2.24) is 4.98 Å². The number of aromatic nitrogens is 1. The summed E-state index contributed by atoms with van der Waals surface area (Å²) in [6.07, 6.45) is 0. The van der Waals surface area contributed by atoms with Gasteiger partial charge >= 0.3 is 0 Å². The number of hydrogen-bond acceptors (Lipinski definition) is 5. The Hall–Kier alpha value is -2.73. The number of nitrogens with one attached hydrogen (secondary N) is 1. The third-order valence-electron chi connectivity index (χ3n) is 4.35. The van der Waals surface area contributed by atoms with Crippen molar-refractivity contribution in [1.29, 1.82) is 0 Å². The van der Waals surface area contributed by atoms with E-state index in [2.05, 4.69) is 10.3 Å². The maximum Gasteiger partial charge on any atom is 0.221 e. The number of aryl methyl sites for hydroxylation is 2. The highest BCUT2D eigenvalue weighted by molar-refractivity contribution is 7.21. The molecule has 3 N–H and O–H groups in total. The SMILES string of the molecule is CC(=O)Nc1ccc(C(=O)c2sc3nc(C)c(C)c(C)c3c2N)cc1. The number of rotatable bonds is 3. The van der Waals surface area contributed by atoms with Gasteiger partial charge in [-0.25, -0.2) is 4.98 Å². The minimum Gasteiger partial charge on any atom is -0.397 e. The van der Waals surface area contributed by atoms with Crippen molar-refractivity contribution in [3.8, 4) is 0 Å². The summed E-state index contributed by atoms with van der Waals surface area (Å²) in [6.45, 7) is 7.42. The lowest BCUT2D eigenvalue weighted by atomic mass is 10.0. The molecule has 5 nitrogen and oxygen atoms in total. The molecule has 0 unspecified atom stereocenters. The van der Waals surface area contributed by atoms with E-state index in [0.29, 0.717) is 21.8 Å². The lowest BCUT2D eigenvalue weighted by molar-refractivity contribution is -0.114. The van der Waals surface area contributed by atoms with Crippen LogP contribution in [0.1, 0.15) is 39.0 Å². The average Bonchev–Trinajstić information content (AvgIpc) is 2.89. The van der Waals surface area contributed by atoms with E-state index in [4.69, 9.17) is 5.73 Å². The second kappa shape index (κ2) is 6.29. The summed E-state index contributed by atoms with van der Waals surface area (Å²) in [7, 11) is 0. The van der Waals surface area contributed by atoms with Crippen LogP contribution in [0.2, 0.25) is 0 Å². The van der Waals surface area contributed by atoms with E-state index in [1.54, 1.807) is 24.3 Å². The van der Waals surface area contributed by atoms with E-state index in [-0.39, 0.29) is 11.7 Å². The van der Waals surface area contributed by atoms with Crippen LogP contribution in [0.15, 0.2) is 24.3 Å². The molecule has 0 atom stereocenters. The lowest BCUT2D eigenvalue weighted by Crippen LogP contribution is -2.06. The number of anilines is 2. The Morgan fingerprint density at radius 3 is 2.32 bits per heavy atom. The third kappa shape index (κ3) is 3.00. The Morgan fingerprint density at radius 1 is 1.08 bits per heavy atom. The van der Waals surface area contributed by atoms with Crippen molar-refractivity contribution in [2.75, 3.05) is 11.1 Å². The van der Waals surface area contributed by atoms with Gasteiger partial charge in [0.25, 0.3) is 0 Å². The summed E-state index contributed by atoms with van der Waals surface area (Å²) in [5, 5.41) is 3.55. The molecule has 2 heterocycles. The van der Waals surface area contributed by atoms with Gasteiger partial charge in [0, 0.05) is 29.3 Å². The van der Waals surface area contributed by atoms with Gasteiger partial charge in [0.2, 0.25) is 11.7 Å². The van der Waals surface area contributed by atoms with Crippen LogP contribution >= 0.6 is 11.3 Å². The van der Waals surface area contributed by atoms with Crippen LogP contribution in [-0.4, -0.2) is 16.7 Å². The third-order valence-corrected chi connectivity index (χ3v) is 5.45. The van der Waals surface area contributed by atoms with Crippen LogP contribution in [0, 0.1) is 20.8 Å². The van der Waals surface area contributed by atoms with Gasteiger partial charge in [-0.1, -0.05) is 0 Å². The second-order valence-corrected chi connectivity index (χ2v) is 7.06. The minimum atomic E-state index is -0.153. The number of carbonyl (C=O) groups is 2. The first-order chi connectivity index (χ1) is 11.8. The molecule has 3 rings (SSSR count). The van der Waals surface area contributed by atoms with E-state index in [1.807, 2.05) is 20.8 Å². The number of nitrogens with zero attached hydrogens (tertiary/aromatic N) is 1. The number of amides is 1. The predicted molar refractivity (Wildman–Crippen MR) is 102 cm³/mol. The van der Waals surface area contributed by atoms with Gasteiger partial charge < -0.3 is 11.1 Å². The molecule has 0 aliphatic carbocycles. The number of hydrogen-bond donors (Lipinski definition) is 2. The molecule has 2 aromatic heterocycles. The van der Waals surface area contributed by atoms with Gasteiger partial charge in [-0.15, -0.1) is 11.3 Å². The molecular weight excluding hydrogens is 334 g/mol. The fraction of sp³-hybridized carbons (Fsp3) is 0.211. The second-order valence-electron chi connectivity index (χ2n) is 6.06. The minimum absolute atomic E-state index is 0.135. The zero-order valence-corrected chi connectivity index (χ0v) is 15.4. The molecule has 0 radical (unpaired) electrons. The molecule has 0 aliphatic heterocycles. The molecule has 1 amide bonds. The number of thiophene rings is 1. The highest BCUT2D eigenvalue weighted by atomic mass is 32.1. The zero-order valence-electron chi connectivity index (χ0n) is 14.6. The van der Waals surface area contributed by atoms with E-state index < -0.39 is 0 Å². The predicted octanol–water partition coefficient (Wildman–Crippen LogP) is 3.99. The van der Waals surface area contributed by atoms with E-state index >= 15 is 0 Å². The molecule has 0 fully saturated rings. The van der Waals surface area contributed by atoms with E-state index in [1.165, 1.54) is 18.3 Å². The monoisotopic (exact) mass is 353 g/mol. The fourth-order valence-electron chi connectivity index (χ4n) is 2.78. The summed E-state index contributed by atoms with van der Waals surface area (Å²) < 4.78 is 0. The maximum atomic E-state index is 12.9. The zero-order chi connectivity index (χ0) is 18.3. The van der Waals surface area contributed by atoms with Crippen LogP contribution in [0.3, 0.4) is 0 Å². The molecule has 25 heavy (non-hydrogen) atoms. The molecule has 128 valence electrons. The summed E-state index contributed by atoms with van der Waals surface area (Å²) in [5.74, 6) is -0.287. The largest absolute Gasteiger partial charge is 0.397 e. The maximum absolute atomic E-state index is 12.9. The Balaban J connectivity index is 2.04. The first-order valence-electron chi connectivity index (χ1n) is 7.87. The van der Waals surface area contributed by atoms with Crippen molar-refractivity contribution >= 4 is 44.6 Å². The van der Waals surface area contributed by atoms with Crippen molar-refractivity contribution in [3.63, 3.8) is 0 Å². The first-order valence-corrected chi connectivity index (χ1v) is 8.69. The molecule has 1 aromatic carbocycles. The Kier molecular flexibility index (Phi) is 4.30. The number of nitrogens with two attached hydrogens (primary N) is 1. The average molecular weight is 353 g/mol. The topological polar surface area (TPSA) is 85.1 Å². The van der Waals surface area contributed by atoms with Crippen molar-refractivity contribution in [3.05, 3.63) is 51.5 Å². The van der Waals surface area contributed by atoms with Gasteiger partial charge in [-0.2, -0.15) is 0 Å². The summed E-state index contributed by atoms with van der Waals surface area (Å²) >= 11 is 1.32. The van der Waals surface area contributed by atoms with E-state index in [0.717, 1.165) is 27.0 Å². The van der Waals surface area contributed by atoms with Crippen molar-refractivity contribution in [2.45, 2.75) is 27.7 Å². The van der Waals surface area contributed by atoms with Gasteiger partial charge in [-0.3, -0.25) is 9.59 Å². The van der Waals surface area contributed by atoms with E-state index in [9.17, 15) is 9.59 Å². The molecule has 6 heteroatoms. The Bertz CT molecular complexity index is 1000. The summed E-state index contributed by atoms with van der Waals surface area (Å²) in [4.78, 5) is 29.8. The molecule has 0 spiro atoms. The first kappa shape index (κ1) is 17.1. The number of benzene rings is 1. The lowest BCUT2D eigenvalue weighted by Gasteiger charge is -2.06. The van der Waals surface area contributed by atoms with Crippen molar-refractivity contribution in [2.24, 2.45) is 0 Å². The van der Waals surface area contributed by atoms with Crippen LogP contribution in [0.25, 0.3) is 10.2 Å². The van der Waals surface area contributed by atoms with Gasteiger partial charge in [0.05, 0.1) is 5.69 Å². The Labute approximate surface area is 149 Å². The fourth-order valence-corrected chi connectivity index (χ4v) is 3.94. The highest BCUT2D eigenvalue weighted by Crippen LogP contribution is 2.37. The molecule has 0 bridgehead atoms. The number of ketones is 1. The number of fused-ring (bicyclic) bond motifs is 1. The summed E-state index contributed by atoms with van der Waals surface area (Å²) in [5.41, 5.74) is 11.1. The highest BCUT2D eigenvalue weighted by Gasteiger charge is 2.21. The van der Waals surface area contributed by atoms with Crippen molar-refractivity contribution < 1.29 is 9.59 Å². The quantitative estimate of drug-likeness (QED) is 0.697. The smallest absolute Gasteiger partial charge is 0.221 e. The molecular formula is C19H19N3O2S. The number of nitrogen functional groups attached to an aromatic ring is 1. The normalized spacial score (nSPS) is 10.9. The summed E-state index contributed by atoms with van der Waals surface area (Å²) in [6, 6.07) is 6.79. The molecule has 0 saturated heterocycles. The van der Waals surface area contributed by atoms with Gasteiger partial charge in [-0.05, 0) is 56.2 Å². The van der Waals surface area contributed by atoms with Gasteiger partial charge in [0.1, 0.15) is 9.71 Å². The van der Waals surface area contributed by atoms with Crippen LogP contribution < -0.4 is 11.1 Å². The number of carbonyl (C=O) groups excluding carboxylic acids is 2. The van der Waals surface area contributed by atoms with Crippen LogP contribution in [-0.2, 0) is 4.79 Å². The molecule has 0 aliphatic rings. The number of pyridine rings is 1. The van der Waals surface area contributed by atoms with Crippen LogP contribution in [0.4, 0.5) is 11.4 Å². The molecule has 0 saturated carbocycles. The Morgan fingerprint density at radius 2 is 1.72 bits per heavy atom. The van der Waals surface area contributed by atoms with Crippen LogP contribution in [0.5, 0.6) is 0 Å². The standard InChI is InChI=1S/C19H19N3O2S/c1-9-10(2)15-16(20)18(25-19(15)21-11(9)3)17(24)13-5-7-14(8-6-13)22-12(4)23/h5-8H,20H2,1-4H3,(H,22,23). The molecule has 3 aromatic rings.